The molecule has 0 atom stereocenters. The van der Waals surface area contributed by atoms with Gasteiger partial charge < -0.3 is 5.73 Å². The highest BCUT2D eigenvalue weighted by molar-refractivity contribution is 5.95. The molecule has 3 nitrogen and oxygen atoms in total. The fourth-order valence-electron chi connectivity index (χ4n) is 1.50. The number of hydrogen-bond donors (Lipinski definition) is 2. The molecule has 0 heterocycles. The van der Waals surface area contributed by atoms with Crippen molar-refractivity contribution in [3.05, 3.63) is 35.1 Å². The Morgan fingerprint density at radius 1 is 1.47 bits per heavy atom. The highest BCUT2D eigenvalue weighted by Crippen LogP contribution is 2.14. The molecule has 1 aromatic carbocycles. The Hall–Kier alpha value is -1.56. The monoisotopic (exact) mass is 245 g/mol. The first-order chi connectivity index (χ1) is 7.91. The van der Waals surface area contributed by atoms with Crippen molar-refractivity contribution in [1.82, 2.24) is 4.90 Å². The lowest BCUT2D eigenvalue weighted by Crippen LogP contribution is -2.25. The lowest BCUT2D eigenvalue weighted by Gasteiger charge is -2.17. The fraction of sp³-hybridized carbons (Fsp3) is 0.364. The van der Waals surface area contributed by atoms with Crippen molar-refractivity contribution < 1.29 is 13.2 Å². The van der Waals surface area contributed by atoms with E-state index in [0.717, 1.165) is 0 Å². The molecule has 0 aromatic heterocycles. The molecule has 6 heteroatoms. The van der Waals surface area contributed by atoms with Crippen LogP contribution in [0.2, 0.25) is 0 Å². The summed E-state index contributed by atoms with van der Waals surface area (Å²) in [5.74, 6) is -0.998. The van der Waals surface area contributed by atoms with Crippen LogP contribution >= 0.6 is 0 Å². The van der Waals surface area contributed by atoms with E-state index < -0.39 is 18.8 Å². The fourth-order valence-corrected chi connectivity index (χ4v) is 1.50. The molecule has 17 heavy (non-hydrogen) atoms. The van der Waals surface area contributed by atoms with E-state index in [0.29, 0.717) is 0 Å². The first-order valence-electron chi connectivity index (χ1n) is 5.00. The van der Waals surface area contributed by atoms with E-state index in [1.807, 2.05) is 0 Å². The van der Waals surface area contributed by atoms with E-state index in [1.165, 1.54) is 24.1 Å². The number of rotatable bonds is 5. The molecule has 0 unspecified atom stereocenters. The van der Waals surface area contributed by atoms with Gasteiger partial charge in [-0.3, -0.25) is 10.3 Å². The van der Waals surface area contributed by atoms with E-state index in [2.05, 4.69) is 0 Å². The smallest absolute Gasteiger partial charge is 0.251 e. The van der Waals surface area contributed by atoms with Gasteiger partial charge in [0.05, 0.1) is 12.1 Å². The van der Waals surface area contributed by atoms with E-state index in [4.69, 9.17) is 11.1 Å². The number of nitrogens with one attached hydrogen (secondary N) is 1. The molecule has 0 aliphatic rings. The summed E-state index contributed by atoms with van der Waals surface area (Å²) in [7, 11) is 1.48. The van der Waals surface area contributed by atoms with Gasteiger partial charge in [-0.25, -0.2) is 13.2 Å². The van der Waals surface area contributed by atoms with Gasteiger partial charge in [-0.1, -0.05) is 12.1 Å². The van der Waals surface area contributed by atoms with Gasteiger partial charge in [0.25, 0.3) is 6.43 Å². The summed E-state index contributed by atoms with van der Waals surface area (Å²) < 4.78 is 38.0. The Morgan fingerprint density at radius 2 is 2.12 bits per heavy atom. The van der Waals surface area contributed by atoms with Crippen molar-refractivity contribution >= 4 is 5.84 Å². The molecule has 94 valence electrons. The van der Waals surface area contributed by atoms with Crippen LogP contribution in [0.4, 0.5) is 13.2 Å². The van der Waals surface area contributed by atoms with Crippen molar-refractivity contribution in [2.45, 2.75) is 13.0 Å². The van der Waals surface area contributed by atoms with Crippen molar-refractivity contribution in [3.63, 3.8) is 0 Å². The zero-order valence-corrected chi connectivity index (χ0v) is 9.38. The molecule has 3 N–H and O–H groups in total. The highest BCUT2D eigenvalue weighted by Gasteiger charge is 2.13. The first kappa shape index (κ1) is 13.5. The minimum absolute atomic E-state index is 0.00653. The minimum Gasteiger partial charge on any atom is -0.384 e. The normalized spacial score (nSPS) is 11.2. The van der Waals surface area contributed by atoms with Crippen LogP contribution in [0.5, 0.6) is 0 Å². The second-order valence-corrected chi connectivity index (χ2v) is 3.78. The summed E-state index contributed by atoms with van der Waals surface area (Å²) in [5.41, 5.74) is 5.45. The Morgan fingerprint density at radius 3 is 2.65 bits per heavy atom. The number of alkyl halides is 2. The van der Waals surface area contributed by atoms with Crippen molar-refractivity contribution in [3.8, 4) is 0 Å². The van der Waals surface area contributed by atoms with Gasteiger partial charge in [0, 0.05) is 12.1 Å². The number of nitrogens with two attached hydrogens (primary N) is 1. The number of hydrogen-bond acceptors (Lipinski definition) is 2. The third kappa shape index (κ3) is 3.74. The molecule has 0 saturated carbocycles. The van der Waals surface area contributed by atoms with Crippen molar-refractivity contribution in [1.29, 1.82) is 5.41 Å². The SMILES string of the molecule is CN(Cc1cccc(C(=N)N)c1F)CC(F)F. The van der Waals surface area contributed by atoms with E-state index in [9.17, 15) is 13.2 Å². The predicted molar refractivity (Wildman–Crippen MR) is 59.8 cm³/mol. The molecular weight excluding hydrogens is 231 g/mol. The van der Waals surface area contributed by atoms with E-state index >= 15 is 0 Å². The third-order valence-electron chi connectivity index (χ3n) is 2.26. The van der Waals surface area contributed by atoms with Gasteiger partial charge in [0.2, 0.25) is 0 Å². The predicted octanol–water partition coefficient (Wildman–Crippen LogP) is 1.81. The molecule has 1 rings (SSSR count). The molecule has 0 aliphatic heterocycles. The third-order valence-corrected chi connectivity index (χ3v) is 2.26. The van der Waals surface area contributed by atoms with Crippen LogP contribution in [0.1, 0.15) is 11.1 Å². The van der Waals surface area contributed by atoms with Gasteiger partial charge >= 0.3 is 0 Å². The van der Waals surface area contributed by atoms with Crippen molar-refractivity contribution in [2.24, 2.45) is 5.73 Å². The number of benzene rings is 1. The highest BCUT2D eigenvalue weighted by atomic mass is 19.3. The Labute approximate surface area is 97.5 Å². The number of amidine groups is 1. The van der Waals surface area contributed by atoms with Crippen LogP contribution in [0.3, 0.4) is 0 Å². The van der Waals surface area contributed by atoms with Gasteiger partial charge in [0.15, 0.2) is 0 Å². The molecule has 0 amide bonds. The second kappa shape index (κ2) is 5.67. The van der Waals surface area contributed by atoms with Crippen LogP contribution in [-0.2, 0) is 6.54 Å². The Kier molecular flexibility index (Phi) is 4.51. The second-order valence-electron chi connectivity index (χ2n) is 3.78. The van der Waals surface area contributed by atoms with Gasteiger partial charge in [-0.15, -0.1) is 0 Å². The summed E-state index contributed by atoms with van der Waals surface area (Å²) in [6.45, 7) is -0.374. The summed E-state index contributed by atoms with van der Waals surface area (Å²) >= 11 is 0. The largest absolute Gasteiger partial charge is 0.384 e. The van der Waals surface area contributed by atoms with Gasteiger partial charge in [-0.05, 0) is 13.1 Å². The summed E-state index contributed by atoms with van der Waals surface area (Å²) in [6, 6.07) is 4.42. The Bertz CT molecular complexity index is 407. The lowest BCUT2D eigenvalue weighted by molar-refractivity contribution is 0.0970. The average Bonchev–Trinajstić information content (AvgIpc) is 2.19. The summed E-state index contributed by atoms with van der Waals surface area (Å²) in [4.78, 5) is 1.31. The quantitative estimate of drug-likeness (QED) is 0.614. The average molecular weight is 245 g/mol. The van der Waals surface area contributed by atoms with Gasteiger partial charge in [-0.2, -0.15) is 0 Å². The maximum atomic E-state index is 13.8. The van der Waals surface area contributed by atoms with Crippen LogP contribution in [0.15, 0.2) is 18.2 Å². The zero-order valence-electron chi connectivity index (χ0n) is 9.38. The topological polar surface area (TPSA) is 53.1 Å². The number of halogens is 3. The molecule has 0 fully saturated rings. The van der Waals surface area contributed by atoms with Crippen LogP contribution in [0.25, 0.3) is 0 Å². The van der Waals surface area contributed by atoms with E-state index in [-0.39, 0.29) is 23.5 Å². The molecule has 0 bridgehead atoms. The molecule has 1 aromatic rings. The minimum atomic E-state index is -2.46. The molecule has 0 radical (unpaired) electrons. The van der Waals surface area contributed by atoms with E-state index in [1.54, 1.807) is 6.07 Å². The molecule has 0 aliphatic carbocycles. The molecular formula is C11H14F3N3. The first-order valence-corrected chi connectivity index (χ1v) is 5.00. The Balaban J connectivity index is 2.85. The van der Waals surface area contributed by atoms with Crippen LogP contribution in [-0.4, -0.2) is 30.8 Å². The molecule has 0 spiro atoms. The maximum absolute atomic E-state index is 13.8. The number of nitrogens with zero attached hydrogens (tertiary/aromatic N) is 1. The number of nitrogen functional groups attached to an aromatic ring is 1. The van der Waals surface area contributed by atoms with Crippen LogP contribution < -0.4 is 5.73 Å². The zero-order chi connectivity index (χ0) is 13.0. The van der Waals surface area contributed by atoms with Crippen molar-refractivity contribution in [2.75, 3.05) is 13.6 Å². The molecule has 0 saturated heterocycles. The summed E-state index contributed by atoms with van der Waals surface area (Å²) in [6.07, 6.45) is -2.46. The lowest BCUT2D eigenvalue weighted by atomic mass is 10.1. The van der Waals surface area contributed by atoms with Gasteiger partial charge in [0.1, 0.15) is 11.7 Å². The maximum Gasteiger partial charge on any atom is 0.251 e. The van der Waals surface area contributed by atoms with Crippen LogP contribution in [0, 0.1) is 11.2 Å². The summed E-state index contributed by atoms with van der Waals surface area (Å²) in [5, 5.41) is 7.17. The standard InChI is InChI=1S/C11H14F3N3/c1-17(6-9(12)13)5-7-3-2-4-8(10(7)14)11(15)16/h2-4,9H,5-6H2,1H3,(H3,15,16).